The largest absolute Gasteiger partial charge is 0.496 e. The van der Waals surface area contributed by atoms with E-state index in [2.05, 4.69) is 45.5 Å². The second-order valence-corrected chi connectivity index (χ2v) is 7.87. The van der Waals surface area contributed by atoms with Crippen molar-refractivity contribution < 1.29 is 4.74 Å². The van der Waals surface area contributed by atoms with Crippen molar-refractivity contribution >= 4 is 6.08 Å². The van der Waals surface area contributed by atoms with E-state index in [4.69, 9.17) is 9.72 Å². The molecule has 0 saturated heterocycles. The first-order valence-electron chi connectivity index (χ1n) is 10.4. The maximum Gasteiger partial charge on any atom is 0.123 e. The predicted molar refractivity (Wildman–Crippen MR) is 115 cm³/mol. The Hall–Kier alpha value is -2.09. The summed E-state index contributed by atoms with van der Waals surface area (Å²) in [6, 6.07) is 6.85. The van der Waals surface area contributed by atoms with Gasteiger partial charge in [-0.1, -0.05) is 45.4 Å². The topological polar surface area (TPSA) is 22.1 Å². The van der Waals surface area contributed by atoms with Crippen LogP contribution >= 0.6 is 0 Å². The minimum Gasteiger partial charge on any atom is -0.496 e. The van der Waals surface area contributed by atoms with Gasteiger partial charge in [-0.2, -0.15) is 0 Å². The van der Waals surface area contributed by atoms with E-state index in [1.807, 2.05) is 12.3 Å². The number of methoxy groups -OCH3 is 1. The van der Waals surface area contributed by atoms with Crippen LogP contribution in [-0.4, -0.2) is 12.1 Å². The van der Waals surface area contributed by atoms with Crippen molar-refractivity contribution in [3.05, 3.63) is 64.5 Å². The van der Waals surface area contributed by atoms with Crippen molar-refractivity contribution in [1.29, 1.82) is 0 Å². The van der Waals surface area contributed by atoms with E-state index < -0.39 is 0 Å². The van der Waals surface area contributed by atoms with Crippen LogP contribution in [0.5, 0.6) is 5.75 Å². The zero-order valence-electron chi connectivity index (χ0n) is 17.3. The fourth-order valence-electron chi connectivity index (χ4n) is 4.78. The van der Waals surface area contributed by atoms with Crippen LogP contribution in [-0.2, 0) is 12.8 Å². The number of hydrogen-bond acceptors (Lipinski definition) is 2. The van der Waals surface area contributed by atoms with Crippen molar-refractivity contribution in [2.24, 2.45) is 5.92 Å². The number of ether oxygens (including phenoxy) is 1. The van der Waals surface area contributed by atoms with Crippen molar-refractivity contribution in [3.63, 3.8) is 0 Å². The fraction of sp³-hybridized carbons (Fsp3) is 0.480. The van der Waals surface area contributed by atoms with Crippen LogP contribution in [0.1, 0.15) is 79.0 Å². The Morgan fingerprint density at radius 2 is 1.85 bits per heavy atom. The molecule has 1 atom stereocenters. The molecule has 0 radical (unpaired) electrons. The molecule has 0 fully saturated rings. The van der Waals surface area contributed by atoms with E-state index in [9.17, 15) is 0 Å². The summed E-state index contributed by atoms with van der Waals surface area (Å²) < 4.78 is 5.90. The standard InChI is InChI=1S/C25H33NO/c1-6-9-19(10-7-2)24-23-20(13-17(4)14-22(23)27-5)11-12-21-15-18(8-3)16-26-25(21)24/h8,13-16,19,24H,3,6-7,9-12H2,1-2,4-5H3. The monoisotopic (exact) mass is 363 g/mol. The predicted octanol–water partition coefficient (Wildman–Crippen LogP) is 6.49. The molecule has 2 heteroatoms. The van der Waals surface area contributed by atoms with E-state index in [0.717, 1.165) is 24.2 Å². The average Bonchev–Trinajstić information content (AvgIpc) is 2.83. The quantitative estimate of drug-likeness (QED) is 0.561. The highest BCUT2D eigenvalue weighted by atomic mass is 16.5. The van der Waals surface area contributed by atoms with Crippen molar-refractivity contribution in [1.82, 2.24) is 4.98 Å². The van der Waals surface area contributed by atoms with Gasteiger partial charge in [0.25, 0.3) is 0 Å². The number of aromatic nitrogens is 1. The van der Waals surface area contributed by atoms with E-state index >= 15 is 0 Å². The number of aryl methyl sites for hydroxylation is 3. The smallest absolute Gasteiger partial charge is 0.123 e. The highest BCUT2D eigenvalue weighted by molar-refractivity contribution is 5.54. The molecular weight excluding hydrogens is 330 g/mol. The molecule has 0 saturated carbocycles. The Kier molecular flexibility index (Phi) is 6.36. The molecule has 1 unspecified atom stereocenters. The molecule has 1 aliphatic rings. The van der Waals surface area contributed by atoms with Gasteiger partial charge in [-0.15, -0.1) is 0 Å². The molecule has 3 rings (SSSR count). The lowest BCUT2D eigenvalue weighted by molar-refractivity contribution is 0.366. The lowest BCUT2D eigenvalue weighted by Crippen LogP contribution is -2.18. The van der Waals surface area contributed by atoms with Gasteiger partial charge in [-0.3, -0.25) is 4.98 Å². The molecule has 1 aliphatic carbocycles. The molecule has 0 bridgehead atoms. The van der Waals surface area contributed by atoms with Crippen LogP contribution in [0.2, 0.25) is 0 Å². The molecule has 2 aromatic rings. The average molecular weight is 364 g/mol. The van der Waals surface area contributed by atoms with E-state index in [-0.39, 0.29) is 0 Å². The molecule has 0 N–H and O–H groups in total. The first-order chi connectivity index (χ1) is 13.1. The van der Waals surface area contributed by atoms with Crippen LogP contribution in [0.15, 0.2) is 31.0 Å². The van der Waals surface area contributed by atoms with Crippen LogP contribution in [0.3, 0.4) is 0 Å². The van der Waals surface area contributed by atoms with E-state index in [1.54, 1.807) is 7.11 Å². The summed E-state index contributed by atoms with van der Waals surface area (Å²) in [5.41, 5.74) is 7.85. The number of nitrogens with zero attached hydrogens (tertiary/aromatic N) is 1. The maximum absolute atomic E-state index is 5.90. The molecule has 1 aromatic carbocycles. The van der Waals surface area contributed by atoms with Gasteiger partial charge in [-0.05, 0) is 72.9 Å². The van der Waals surface area contributed by atoms with Gasteiger partial charge in [0, 0.05) is 17.7 Å². The first kappa shape index (κ1) is 19.7. The molecular formula is C25H33NO. The Bertz CT molecular complexity index is 802. The maximum atomic E-state index is 5.90. The molecule has 0 amide bonds. The molecule has 0 spiro atoms. The van der Waals surface area contributed by atoms with Gasteiger partial charge in [0.15, 0.2) is 0 Å². The second kappa shape index (κ2) is 8.73. The van der Waals surface area contributed by atoms with Crippen LogP contribution in [0, 0.1) is 12.8 Å². The Labute approximate surface area is 164 Å². The highest BCUT2D eigenvalue weighted by Crippen LogP contribution is 2.46. The van der Waals surface area contributed by atoms with Crippen molar-refractivity contribution in [2.45, 2.75) is 65.2 Å². The number of rotatable bonds is 7. The zero-order valence-corrected chi connectivity index (χ0v) is 17.3. The summed E-state index contributed by atoms with van der Waals surface area (Å²) in [5, 5.41) is 0. The number of pyridine rings is 1. The second-order valence-electron chi connectivity index (χ2n) is 7.87. The zero-order chi connectivity index (χ0) is 19.4. The van der Waals surface area contributed by atoms with Gasteiger partial charge >= 0.3 is 0 Å². The number of hydrogen-bond donors (Lipinski definition) is 0. The van der Waals surface area contributed by atoms with Gasteiger partial charge in [0.2, 0.25) is 0 Å². The Balaban J connectivity index is 2.25. The van der Waals surface area contributed by atoms with E-state index in [0.29, 0.717) is 11.8 Å². The summed E-state index contributed by atoms with van der Waals surface area (Å²) in [7, 11) is 1.81. The lowest BCUT2D eigenvalue weighted by Gasteiger charge is -2.30. The van der Waals surface area contributed by atoms with E-state index in [1.165, 1.54) is 53.6 Å². The normalized spacial score (nSPS) is 15.8. The Morgan fingerprint density at radius 1 is 1.15 bits per heavy atom. The number of fused-ring (bicyclic) bond motifs is 2. The van der Waals surface area contributed by atoms with Crippen molar-refractivity contribution in [2.75, 3.05) is 7.11 Å². The molecule has 1 aromatic heterocycles. The van der Waals surface area contributed by atoms with Gasteiger partial charge < -0.3 is 4.74 Å². The summed E-state index contributed by atoms with van der Waals surface area (Å²) >= 11 is 0. The third-order valence-corrected chi connectivity index (χ3v) is 5.91. The third-order valence-electron chi connectivity index (χ3n) is 5.91. The highest BCUT2D eigenvalue weighted by Gasteiger charge is 2.33. The molecule has 144 valence electrons. The van der Waals surface area contributed by atoms with Crippen molar-refractivity contribution in [3.8, 4) is 5.75 Å². The SMILES string of the molecule is C=Cc1cnc2c(c1)CCc1cc(C)cc(OC)c1C2C(CCC)CCC. The minimum absolute atomic E-state index is 0.312. The van der Waals surface area contributed by atoms with Crippen LogP contribution in [0.25, 0.3) is 6.08 Å². The molecule has 1 heterocycles. The summed E-state index contributed by atoms with van der Waals surface area (Å²) in [6.07, 6.45) is 10.8. The summed E-state index contributed by atoms with van der Waals surface area (Å²) in [6.45, 7) is 10.7. The van der Waals surface area contributed by atoms with Gasteiger partial charge in [-0.25, -0.2) is 0 Å². The van der Waals surface area contributed by atoms with Gasteiger partial charge in [0.1, 0.15) is 5.75 Å². The fourth-order valence-corrected chi connectivity index (χ4v) is 4.78. The summed E-state index contributed by atoms with van der Waals surface area (Å²) in [4.78, 5) is 4.99. The minimum atomic E-state index is 0.312. The molecule has 0 aliphatic heterocycles. The van der Waals surface area contributed by atoms with Crippen LogP contribution < -0.4 is 4.74 Å². The first-order valence-corrected chi connectivity index (χ1v) is 10.4. The lowest BCUT2D eigenvalue weighted by atomic mass is 9.76. The number of benzene rings is 1. The summed E-state index contributed by atoms with van der Waals surface area (Å²) in [5.74, 6) is 1.94. The molecule has 2 nitrogen and oxygen atoms in total. The Morgan fingerprint density at radius 3 is 2.48 bits per heavy atom. The van der Waals surface area contributed by atoms with Gasteiger partial charge in [0.05, 0.1) is 12.8 Å². The third kappa shape index (κ3) is 3.95. The van der Waals surface area contributed by atoms with Crippen LogP contribution in [0.4, 0.5) is 0 Å². The molecule has 27 heavy (non-hydrogen) atoms.